The Kier molecular flexibility index (Phi) is 8.02. The van der Waals surface area contributed by atoms with Crippen molar-refractivity contribution < 1.29 is 32.5 Å². The van der Waals surface area contributed by atoms with Gasteiger partial charge in [0.25, 0.3) is 0 Å². The molecular formula is C27H24ClF3N4O4S. The largest absolute Gasteiger partial charge is 0.492 e. The third-order valence-corrected chi connectivity index (χ3v) is 7.97. The fourth-order valence-electron chi connectivity index (χ4n) is 4.52. The number of anilines is 1. The number of ether oxygens (including phenoxy) is 2. The van der Waals surface area contributed by atoms with Crippen LogP contribution < -0.4 is 4.90 Å². The van der Waals surface area contributed by atoms with E-state index in [-0.39, 0.29) is 29.2 Å². The van der Waals surface area contributed by atoms with Crippen molar-refractivity contribution in [3.8, 4) is 5.88 Å². The molecule has 0 aliphatic carbocycles. The zero-order valence-electron chi connectivity index (χ0n) is 21.2. The molecule has 0 atom stereocenters. The molecule has 1 saturated heterocycles. The topological polar surface area (TPSA) is 101 Å². The first-order valence-electron chi connectivity index (χ1n) is 12.3. The van der Waals surface area contributed by atoms with E-state index in [1.54, 1.807) is 24.4 Å². The van der Waals surface area contributed by atoms with Crippen molar-refractivity contribution in [1.82, 2.24) is 15.2 Å². The van der Waals surface area contributed by atoms with E-state index < -0.39 is 17.7 Å². The van der Waals surface area contributed by atoms with Crippen molar-refractivity contribution in [2.24, 2.45) is 0 Å². The van der Waals surface area contributed by atoms with Crippen LogP contribution in [0.5, 0.6) is 5.88 Å². The lowest BCUT2D eigenvalue weighted by atomic mass is 9.98. The van der Waals surface area contributed by atoms with Gasteiger partial charge < -0.3 is 19.5 Å². The number of piperidine rings is 1. The average Bonchev–Trinajstić information content (AvgIpc) is 3.56. The average molecular weight is 593 g/mol. The predicted molar refractivity (Wildman–Crippen MR) is 147 cm³/mol. The fraction of sp³-hybridized carbons (Fsp3) is 0.296. The summed E-state index contributed by atoms with van der Waals surface area (Å²) in [6.07, 6.45) is -0.490. The molecule has 1 aliphatic heterocycles. The van der Waals surface area contributed by atoms with E-state index in [9.17, 15) is 23.1 Å². The van der Waals surface area contributed by atoms with Gasteiger partial charge in [0.1, 0.15) is 11.5 Å². The minimum absolute atomic E-state index is 0.0345. The summed E-state index contributed by atoms with van der Waals surface area (Å²) in [5.74, 6) is -0.732. The molecule has 2 aromatic carbocycles. The SMILES string of the molecule is COC(=O)COC1CCN(c2nc(O)c(C(=Cc3ccc(Cl)cc3C(F)(F)F)c3ccc4[nH]ncc4c3)s2)CC1. The molecule has 3 heterocycles. The van der Waals surface area contributed by atoms with Crippen LogP contribution in [-0.4, -0.2) is 59.2 Å². The summed E-state index contributed by atoms with van der Waals surface area (Å²) >= 11 is 7.08. The Morgan fingerprint density at radius 1 is 1.25 bits per heavy atom. The number of hydrogen-bond donors (Lipinski definition) is 2. The Morgan fingerprint density at radius 2 is 2.02 bits per heavy atom. The zero-order chi connectivity index (χ0) is 28.4. The Bertz CT molecular complexity index is 1560. The van der Waals surface area contributed by atoms with Gasteiger partial charge in [-0.3, -0.25) is 5.10 Å². The van der Waals surface area contributed by atoms with Crippen LogP contribution in [0.2, 0.25) is 5.02 Å². The van der Waals surface area contributed by atoms with Crippen LogP contribution in [0.3, 0.4) is 0 Å². The molecule has 2 N–H and O–H groups in total. The number of H-pyrrole nitrogens is 1. The summed E-state index contributed by atoms with van der Waals surface area (Å²) in [5.41, 5.74) is 0.722. The Balaban J connectivity index is 1.50. The van der Waals surface area contributed by atoms with Gasteiger partial charge in [-0.25, -0.2) is 4.79 Å². The minimum atomic E-state index is -4.64. The number of carbonyl (C=O) groups excluding carboxylic acids is 1. The number of nitrogens with zero attached hydrogens (tertiary/aromatic N) is 3. The van der Waals surface area contributed by atoms with Gasteiger partial charge in [-0.2, -0.15) is 23.3 Å². The third-order valence-electron chi connectivity index (χ3n) is 6.59. The number of methoxy groups -OCH3 is 1. The summed E-state index contributed by atoms with van der Waals surface area (Å²) < 4.78 is 52.0. The molecule has 13 heteroatoms. The highest BCUT2D eigenvalue weighted by Gasteiger charge is 2.33. The maximum absolute atomic E-state index is 13.9. The van der Waals surface area contributed by atoms with E-state index in [0.29, 0.717) is 47.1 Å². The number of esters is 1. The Hall–Kier alpha value is -3.61. The number of fused-ring (bicyclic) bond motifs is 1. The quantitative estimate of drug-likeness (QED) is 0.196. The molecule has 1 fully saturated rings. The monoisotopic (exact) mass is 592 g/mol. The van der Waals surface area contributed by atoms with Crippen LogP contribution in [-0.2, 0) is 20.4 Å². The smallest absolute Gasteiger partial charge is 0.417 e. The standard InChI is InChI=1S/C27H24ClF3N4O4S/c1-38-23(36)14-39-19-6-8-35(9-7-19)26-33-25(37)24(40-26)20(15-3-5-22-17(10-15)13-32-34-22)11-16-2-4-18(28)12-21(16)27(29,30)31/h2-5,10-13,19,37H,6-9,14H2,1H3,(H,32,34). The van der Waals surface area contributed by atoms with Crippen LogP contribution in [0.4, 0.5) is 18.3 Å². The Morgan fingerprint density at radius 3 is 2.75 bits per heavy atom. The fourth-order valence-corrected chi connectivity index (χ4v) is 5.74. The highest BCUT2D eigenvalue weighted by atomic mass is 35.5. The van der Waals surface area contributed by atoms with Crippen LogP contribution >= 0.6 is 22.9 Å². The van der Waals surface area contributed by atoms with Crippen molar-refractivity contribution >= 4 is 56.6 Å². The lowest BCUT2D eigenvalue weighted by molar-refractivity contribution is -0.148. The first-order valence-corrected chi connectivity index (χ1v) is 13.5. The molecule has 1 aliphatic rings. The van der Waals surface area contributed by atoms with Crippen LogP contribution in [0, 0.1) is 0 Å². The first kappa shape index (κ1) is 27.9. The van der Waals surface area contributed by atoms with Gasteiger partial charge >= 0.3 is 12.1 Å². The highest BCUT2D eigenvalue weighted by molar-refractivity contribution is 7.17. The number of aromatic nitrogens is 3. The molecule has 5 rings (SSSR count). The summed E-state index contributed by atoms with van der Waals surface area (Å²) in [6.45, 7) is 1.00. The summed E-state index contributed by atoms with van der Waals surface area (Å²) in [6, 6.07) is 8.89. The molecule has 2 aromatic heterocycles. The molecule has 0 spiro atoms. The van der Waals surface area contributed by atoms with Gasteiger partial charge in [0.05, 0.1) is 30.5 Å². The normalized spacial score (nSPS) is 15.1. The van der Waals surface area contributed by atoms with Crippen molar-refractivity contribution in [3.63, 3.8) is 0 Å². The molecule has 4 aromatic rings. The van der Waals surface area contributed by atoms with E-state index in [2.05, 4.69) is 19.9 Å². The summed E-state index contributed by atoms with van der Waals surface area (Å²) in [4.78, 5) is 18.0. The van der Waals surface area contributed by atoms with E-state index in [4.69, 9.17) is 16.3 Å². The first-order chi connectivity index (χ1) is 19.1. The van der Waals surface area contributed by atoms with Crippen LogP contribution in [0.15, 0.2) is 42.6 Å². The van der Waals surface area contributed by atoms with Gasteiger partial charge in [-0.05, 0) is 54.3 Å². The molecule has 0 saturated carbocycles. The van der Waals surface area contributed by atoms with Gasteiger partial charge in [0.2, 0.25) is 5.88 Å². The zero-order valence-corrected chi connectivity index (χ0v) is 22.7. The molecule has 0 unspecified atom stereocenters. The molecule has 0 amide bonds. The second kappa shape index (κ2) is 11.5. The van der Waals surface area contributed by atoms with E-state index >= 15 is 0 Å². The number of alkyl halides is 3. The van der Waals surface area contributed by atoms with Gasteiger partial charge in [-0.1, -0.05) is 35.1 Å². The summed E-state index contributed by atoms with van der Waals surface area (Å²) in [7, 11) is 1.30. The van der Waals surface area contributed by atoms with Gasteiger partial charge in [0, 0.05) is 29.1 Å². The number of nitrogens with one attached hydrogen (secondary N) is 1. The molecule has 0 bridgehead atoms. The van der Waals surface area contributed by atoms with Crippen molar-refractivity contribution in [3.05, 3.63) is 69.2 Å². The van der Waals surface area contributed by atoms with E-state index in [1.807, 2.05) is 4.90 Å². The maximum Gasteiger partial charge on any atom is 0.417 e. The number of thiazole rings is 1. The molecule has 0 radical (unpaired) electrons. The van der Waals surface area contributed by atoms with Gasteiger partial charge in [0.15, 0.2) is 5.13 Å². The Labute approximate surface area is 236 Å². The van der Waals surface area contributed by atoms with Gasteiger partial charge in [-0.15, -0.1) is 0 Å². The van der Waals surface area contributed by atoms with Crippen molar-refractivity contribution in [1.29, 1.82) is 0 Å². The number of halogens is 4. The molecule has 8 nitrogen and oxygen atoms in total. The second-order valence-electron chi connectivity index (χ2n) is 9.18. The summed E-state index contributed by atoms with van der Waals surface area (Å²) in [5, 5.41) is 19.1. The second-order valence-corrected chi connectivity index (χ2v) is 10.6. The maximum atomic E-state index is 13.9. The lowest BCUT2D eigenvalue weighted by Gasteiger charge is -2.31. The van der Waals surface area contributed by atoms with E-state index in [1.165, 1.54) is 36.7 Å². The number of benzene rings is 2. The van der Waals surface area contributed by atoms with Crippen molar-refractivity contribution in [2.75, 3.05) is 31.7 Å². The highest BCUT2D eigenvalue weighted by Crippen LogP contribution is 2.43. The lowest BCUT2D eigenvalue weighted by Crippen LogP contribution is -2.37. The minimum Gasteiger partial charge on any atom is -0.492 e. The number of hydrogen-bond acceptors (Lipinski definition) is 8. The number of carbonyl (C=O) groups is 1. The van der Waals surface area contributed by atoms with Crippen LogP contribution in [0.1, 0.15) is 34.4 Å². The van der Waals surface area contributed by atoms with E-state index in [0.717, 1.165) is 17.0 Å². The number of aromatic amines is 1. The number of rotatable bonds is 7. The molecular weight excluding hydrogens is 569 g/mol. The molecule has 210 valence electrons. The third kappa shape index (κ3) is 6.08. The predicted octanol–water partition coefficient (Wildman–Crippen LogP) is 6.14. The number of aromatic hydroxyl groups is 1. The van der Waals surface area contributed by atoms with Crippen LogP contribution in [0.25, 0.3) is 22.6 Å². The van der Waals surface area contributed by atoms with Crippen molar-refractivity contribution in [2.45, 2.75) is 25.1 Å². The molecule has 40 heavy (non-hydrogen) atoms.